The monoisotopic (exact) mass is 379 g/mol. The van der Waals surface area contributed by atoms with E-state index in [1.165, 1.54) is 11.1 Å². The van der Waals surface area contributed by atoms with Crippen molar-refractivity contribution in [3.05, 3.63) is 65.7 Å². The number of nitrogens with one attached hydrogen (secondary N) is 1. The fraction of sp³-hybridized carbons (Fsp3) is 0.348. The minimum atomic E-state index is 0.000524. The second-order valence-corrected chi connectivity index (χ2v) is 7.05. The molecule has 0 unspecified atom stereocenters. The average Bonchev–Trinajstić information content (AvgIpc) is 2.72. The molecule has 0 aromatic heterocycles. The third kappa shape index (κ3) is 6.51. The summed E-state index contributed by atoms with van der Waals surface area (Å²) < 4.78 is 5.36. The maximum Gasteiger partial charge on any atom is 0.224 e. The van der Waals surface area contributed by atoms with E-state index in [0.29, 0.717) is 17.8 Å². The summed E-state index contributed by atoms with van der Waals surface area (Å²) in [5.74, 6) is 0.000524. The van der Waals surface area contributed by atoms with Gasteiger partial charge in [0.05, 0.1) is 24.6 Å². The molecule has 5 heteroatoms. The molecule has 3 N–H and O–H groups in total. The van der Waals surface area contributed by atoms with Crippen LogP contribution < -0.4 is 11.1 Å². The lowest BCUT2D eigenvalue weighted by atomic mass is 10.1. The second kappa shape index (κ2) is 10.6. The molecule has 1 aliphatic rings. The first-order valence-corrected chi connectivity index (χ1v) is 9.90. The number of hydrogen-bond acceptors (Lipinski definition) is 4. The van der Waals surface area contributed by atoms with Crippen LogP contribution in [0.5, 0.6) is 0 Å². The van der Waals surface area contributed by atoms with Crippen LogP contribution in [0.3, 0.4) is 0 Å². The largest absolute Gasteiger partial charge is 0.397 e. The number of nitrogen functional groups attached to an aromatic ring is 1. The van der Waals surface area contributed by atoms with Gasteiger partial charge < -0.3 is 15.8 Å². The van der Waals surface area contributed by atoms with Gasteiger partial charge in [-0.15, -0.1) is 0 Å². The summed E-state index contributed by atoms with van der Waals surface area (Å²) in [6.07, 6.45) is 6.55. The number of carbonyl (C=O) groups is 1. The van der Waals surface area contributed by atoms with E-state index in [1.807, 2.05) is 18.2 Å². The van der Waals surface area contributed by atoms with E-state index in [1.54, 1.807) is 6.07 Å². The van der Waals surface area contributed by atoms with Crippen molar-refractivity contribution < 1.29 is 9.53 Å². The summed E-state index contributed by atoms with van der Waals surface area (Å²) in [6.45, 7) is 4.65. The molecule has 0 radical (unpaired) electrons. The summed E-state index contributed by atoms with van der Waals surface area (Å²) in [5.41, 5.74) is 9.57. The molecule has 1 fully saturated rings. The first kappa shape index (κ1) is 20.1. The number of hydrogen-bond donors (Lipinski definition) is 2. The van der Waals surface area contributed by atoms with Gasteiger partial charge in [-0.1, -0.05) is 48.6 Å². The van der Waals surface area contributed by atoms with Gasteiger partial charge in [0.1, 0.15) is 0 Å². The number of amides is 1. The zero-order valence-electron chi connectivity index (χ0n) is 16.3. The number of para-hydroxylation sites is 2. The lowest BCUT2D eigenvalue weighted by Gasteiger charge is -2.25. The number of benzene rings is 2. The predicted molar refractivity (Wildman–Crippen MR) is 115 cm³/mol. The van der Waals surface area contributed by atoms with E-state index in [0.717, 1.165) is 45.7 Å². The molecule has 1 heterocycles. The Morgan fingerprint density at radius 2 is 1.86 bits per heavy atom. The van der Waals surface area contributed by atoms with Crippen LogP contribution in [0, 0.1) is 0 Å². The minimum absolute atomic E-state index is 0.000524. The van der Waals surface area contributed by atoms with Gasteiger partial charge in [-0.3, -0.25) is 9.69 Å². The molecule has 28 heavy (non-hydrogen) atoms. The molecule has 0 spiro atoms. The van der Waals surface area contributed by atoms with Gasteiger partial charge >= 0.3 is 0 Å². The standard InChI is InChI=1S/C23H29N3O2/c24-21-7-1-2-8-22(21)25-23(27)9-3-5-19-10-12-20(13-11-19)6-4-14-26-15-17-28-18-16-26/h1-2,4,6-8,10-13H,3,5,9,14-18,24H2,(H,25,27). The summed E-state index contributed by atoms with van der Waals surface area (Å²) in [6, 6.07) is 15.9. The number of nitrogens with two attached hydrogens (primary N) is 1. The van der Waals surface area contributed by atoms with Crippen molar-refractivity contribution >= 4 is 23.4 Å². The van der Waals surface area contributed by atoms with E-state index in [2.05, 4.69) is 46.6 Å². The van der Waals surface area contributed by atoms with Gasteiger partial charge in [0.25, 0.3) is 0 Å². The van der Waals surface area contributed by atoms with Crippen LogP contribution in [0.15, 0.2) is 54.6 Å². The molecule has 1 saturated heterocycles. The molecule has 2 aromatic carbocycles. The quantitative estimate of drug-likeness (QED) is 0.688. The van der Waals surface area contributed by atoms with Gasteiger partial charge in [-0.2, -0.15) is 0 Å². The molecule has 2 aromatic rings. The molecule has 0 aliphatic carbocycles. The smallest absolute Gasteiger partial charge is 0.224 e. The number of nitrogens with zero attached hydrogens (tertiary/aromatic N) is 1. The molecule has 1 aliphatic heterocycles. The van der Waals surface area contributed by atoms with Crippen LogP contribution >= 0.6 is 0 Å². The van der Waals surface area contributed by atoms with Crippen molar-refractivity contribution in [1.82, 2.24) is 4.90 Å². The average molecular weight is 380 g/mol. The van der Waals surface area contributed by atoms with Gasteiger partial charge in [-0.05, 0) is 36.1 Å². The highest BCUT2D eigenvalue weighted by Crippen LogP contribution is 2.17. The minimum Gasteiger partial charge on any atom is -0.397 e. The van der Waals surface area contributed by atoms with E-state index in [-0.39, 0.29) is 5.91 Å². The molecule has 0 bridgehead atoms. The van der Waals surface area contributed by atoms with Gasteiger partial charge in [0.15, 0.2) is 0 Å². The third-order valence-corrected chi connectivity index (χ3v) is 4.86. The highest BCUT2D eigenvalue weighted by molar-refractivity contribution is 5.93. The summed E-state index contributed by atoms with van der Waals surface area (Å²) in [7, 11) is 0. The van der Waals surface area contributed by atoms with Gasteiger partial charge in [0.2, 0.25) is 5.91 Å². The first-order valence-electron chi connectivity index (χ1n) is 9.90. The predicted octanol–water partition coefficient (Wildman–Crippen LogP) is 3.58. The molecular formula is C23H29N3O2. The Balaban J connectivity index is 1.38. The number of anilines is 2. The number of rotatable bonds is 8. The number of morpholine rings is 1. The summed E-state index contributed by atoms with van der Waals surface area (Å²) in [5, 5.41) is 2.87. The zero-order chi connectivity index (χ0) is 19.6. The van der Waals surface area contributed by atoms with Gasteiger partial charge in [-0.25, -0.2) is 0 Å². The first-order chi connectivity index (χ1) is 13.7. The Labute approximate surface area is 167 Å². The van der Waals surface area contributed by atoms with Crippen LogP contribution in [0.1, 0.15) is 24.0 Å². The fourth-order valence-corrected chi connectivity index (χ4v) is 3.19. The Morgan fingerprint density at radius 1 is 1.11 bits per heavy atom. The van der Waals surface area contributed by atoms with Crippen LogP contribution in [0.2, 0.25) is 0 Å². The Hall–Kier alpha value is -2.63. The van der Waals surface area contributed by atoms with Crippen molar-refractivity contribution in [2.45, 2.75) is 19.3 Å². The molecule has 1 amide bonds. The second-order valence-electron chi connectivity index (χ2n) is 7.05. The van der Waals surface area contributed by atoms with Crippen molar-refractivity contribution in [3.63, 3.8) is 0 Å². The summed E-state index contributed by atoms with van der Waals surface area (Å²) in [4.78, 5) is 14.5. The normalized spacial score (nSPS) is 15.0. The summed E-state index contributed by atoms with van der Waals surface area (Å²) >= 11 is 0. The van der Waals surface area contributed by atoms with Crippen LogP contribution in [0.4, 0.5) is 11.4 Å². The fourth-order valence-electron chi connectivity index (χ4n) is 3.19. The van der Waals surface area contributed by atoms with Crippen LogP contribution in [-0.4, -0.2) is 43.7 Å². The molecule has 148 valence electrons. The SMILES string of the molecule is Nc1ccccc1NC(=O)CCCc1ccc(C=CCN2CCOCC2)cc1. The van der Waals surface area contributed by atoms with E-state index >= 15 is 0 Å². The molecule has 0 atom stereocenters. The highest BCUT2D eigenvalue weighted by atomic mass is 16.5. The van der Waals surface area contributed by atoms with E-state index in [4.69, 9.17) is 10.5 Å². The maximum atomic E-state index is 12.1. The van der Waals surface area contributed by atoms with Gasteiger partial charge in [0, 0.05) is 26.1 Å². The van der Waals surface area contributed by atoms with Crippen LogP contribution in [-0.2, 0) is 16.0 Å². The van der Waals surface area contributed by atoms with Crippen LogP contribution in [0.25, 0.3) is 6.08 Å². The van der Waals surface area contributed by atoms with Crippen molar-refractivity contribution in [2.75, 3.05) is 43.9 Å². The van der Waals surface area contributed by atoms with E-state index in [9.17, 15) is 4.79 Å². The number of aryl methyl sites for hydroxylation is 1. The zero-order valence-corrected chi connectivity index (χ0v) is 16.3. The van der Waals surface area contributed by atoms with Crippen molar-refractivity contribution in [1.29, 1.82) is 0 Å². The Bertz CT molecular complexity index is 781. The van der Waals surface area contributed by atoms with Crippen molar-refractivity contribution in [3.8, 4) is 0 Å². The molecule has 3 rings (SSSR count). The topological polar surface area (TPSA) is 67.6 Å². The Morgan fingerprint density at radius 3 is 2.61 bits per heavy atom. The lowest BCUT2D eigenvalue weighted by Crippen LogP contribution is -2.36. The Kier molecular flexibility index (Phi) is 7.64. The third-order valence-electron chi connectivity index (χ3n) is 4.86. The highest BCUT2D eigenvalue weighted by Gasteiger charge is 2.07. The molecule has 5 nitrogen and oxygen atoms in total. The number of ether oxygens (including phenoxy) is 1. The number of carbonyl (C=O) groups excluding carboxylic acids is 1. The molecular weight excluding hydrogens is 350 g/mol. The lowest BCUT2D eigenvalue weighted by molar-refractivity contribution is -0.116. The van der Waals surface area contributed by atoms with Crippen molar-refractivity contribution in [2.24, 2.45) is 0 Å². The molecule has 0 saturated carbocycles. The van der Waals surface area contributed by atoms with E-state index < -0.39 is 0 Å². The maximum absolute atomic E-state index is 12.1.